The van der Waals surface area contributed by atoms with E-state index in [1.807, 2.05) is 6.92 Å². The van der Waals surface area contributed by atoms with Crippen molar-refractivity contribution in [1.82, 2.24) is 10.3 Å². The van der Waals surface area contributed by atoms with Gasteiger partial charge in [0.2, 0.25) is 5.91 Å². The van der Waals surface area contributed by atoms with Gasteiger partial charge in [-0.2, -0.15) is 0 Å². The summed E-state index contributed by atoms with van der Waals surface area (Å²) in [6, 6.07) is 5.03. The van der Waals surface area contributed by atoms with Crippen molar-refractivity contribution in [2.24, 2.45) is 0 Å². The maximum absolute atomic E-state index is 12.0. The molecule has 0 fully saturated rings. The second kappa shape index (κ2) is 5.83. The zero-order valence-electron chi connectivity index (χ0n) is 10.5. The third-order valence-electron chi connectivity index (χ3n) is 2.48. The number of hydrogen-bond acceptors (Lipinski definition) is 5. The van der Waals surface area contributed by atoms with E-state index in [0.29, 0.717) is 23.3 Å². The fourth-order valence-corrected chi connectivity index (χ4v) is 2.51. The molecule has 3 N–H and O–H groups in total. The minimum atomic E-state index is -1.43. The number of anilines is 1. The Bertz CT molecular complexity index is 624. The number of amides is 1. The van der Waals surface area contributed by atoms with Crippen LogP contribution in [-0.4, -0.2) is 27.4 Å². The molecule has 0 saturated carbocycles. The first-order valence-electron chi connectivity index (χ1n) is 5.91. The monoisotopic (exact) mass is 281 g/mol. The highest BCUT2D eigenvalue weighted by Gasteiger charge is 2.14. The fraction of sp³-hybridized carbons (Fsp3) is 0.333. The molecule has 1 unspecified atom stereocenters. The van der Waals surface area contributed by atoms with Gasteiger partial charge in [-0.1, -0.05) is 0 Å². The number of aromatic nitrogens is 1. The van der Waals surface area contributed by atoms with Crippen molar-refractivity contribution in [1.29, 1.82) is 0 Å². The van der Waals surface area contributed by atoms with Crippen LogP contribution in [0, 0.1) is 0 Å². The minimum Gasteiger partial charge on any atom is -0.430 e. The summed E-state index contributed by atoms with van der Waals surface area (Å²) in [5, 5.41) is 2.78. The lowest BCUT2D eigenvalue weighted by atomic mass is 10.3. The van der Waals surface area contributed by atoms with Gasteiger partial charge in [-0.3, -0.25) is 4.79 Å². The van der Waals surface area contributed by atoms with Crippen LogP contribution in [-0.2, 0) is 15.6 Å². The third kappa shape index (κ3) is 3.31. The molecule has 0 saturated heterocycles. The zero-order chi connectivity index (χ0) is 13.8. The first-order chi connectivity index (χ1) is 9.10. The van der Waals surface area contributed by atoms with Gasteiger partial charge in [0.1, 0.15) is 16.3 Å². The number of carbonyl (C=O) groups is 1. The van der Waals surface area contributed by atoms with Crippen molar-refractivity contribution in [3.8, 4) is 0 Å². The van der Waals surface area contributed by atoms with Gasteiger partial charge in [0.25, 0.3) is 5.22 Å². The second-order valence-electron chi connectivity index (χ2n) is 3.96. The standard InChI is InChI=1S/C12H15N3O3S/c1-2-14-11(16)5-6-19(17)12-15-9-7-8(13)3-4-10(9)18-12/h3-4,7H,2,5-6,13H2,1H3,(H,14,16). The van der Waals surface area contributed by atoms with Crippen LogP contribution in [0.25, 0.3) is 11.1 Å². The van der Waals surface area contributed by atoms with Crippen LogP contribution in [0.15, 0.2) is 27.8 Å². The summed E-state index contributed by atoms with van der Waals surface area (Å²) in [5.74, 6) is 0.0601. The quantitative estimate of drug-likeness (QED) is 0.798. The Morgan fingerprint density at radius 2 is 2.32 bits per heavy atom. The summed E-state index contributed by atoms with van der Waals surface area (Å²) in [6.07, 6.45) is 0.182. The number of carbonyl (C=O) groups excluding carboxylic acids is 1. The molecule has 102 valence electrons. The first-order valence-corrected chi connectivity index (χ1v) is 7.23. The lowest BCUT2D eigenvalue weighted by Crippen LogP contribution is -2.24. The van der Waals surface area contributed by atoms with Gasteiger partial charge in [-0.15, -0.1) is 0 Å². The molecule has 1 heterocycles. The smallest absolute Gasteiger partial charge is 0.287 e. The van der Waals surface area contributed by atoms with E-state index in [2.05, 4.69) is 10.3 Å². The van der Waals surface area contributed by atoms with Crippen molar-refractivity contribution in [2.45, 2.75) is 18.6 Å². The molecule has 19 heavy (non-hydrogen) atoms. The summed E-state index contributed by atoms with van der Waals surface area (Å²) in [7, 11) is -1.43. The van der Waals surface area contributed by atoms with Crippen LogP contribution < -0.4 is 11.1 Å². The summed E-state index contributed by atoms with van der Waals surface area (Å²) in [5.41, 5.74) is 7.31. The van der Waals surface area contributed by atoms with Crippen molar-refractivity contribution in [3.05, 3.63) is 18.2 Å². The second-order valence-corrected chi connectivity index (χ2v) is 5.41. The molecule has 0 aliphatic carbocycles. The van der Waals surface area contributed by atoms with Gasteiger partial charge in [0.05, 0.1) is 0 Å². The van der Waals surface area contributed by atoms with Crippen LogP contribution in [0.3, 0.4) is 0 Å². The molecule has 2 aromatic rings. The lowest BCUT2D eigenvalue weighted by Gasteiger charge is -1.99. The Morgan fingerprint density at radius 3 is 3.05 bits per heavy atom. The average Bonchev–Trinajstić information content (AvgIpc) is 2.79. The van der Waals surface area contributed by atoms with E-state index in [9.17, 15) is 9.00 Å². The molecular weight excluding hydrogens is 266 g/mol. The average molecular weight is 281 g/mol. The van der Waals surface area contributed by atoms with Gasteiger partial charge in [-0.25, -0.2) is 9.19 Å². The first kappa shape index (κ1) is 13.5. The van der Waals surface area contributed by atoms with Crippen molar-refractivity contribution < 1.29 is 13.4 Å². The van der Waals surface area contributed by atoms with Crippen LogP contribution >= 0.6 is 0 Å². The van der Waals surface area contributed by atoms with Gasteiger partial charge >= 0.3 is 0 Å². The Hall–Kier alpha value is -1.89. The number of benzene rings is 1. The van der Waals surface area contributed by atoms with Crippen molar-refractivity contribution in [3.63, 3.8) is 0 Å². The number of oxazole rings is 1. The highest BCUT2D eigenvalue weighted by atomic mass is 32.2. The number of hydrogen-bond donors (Lipinski definition) is 2. The molecule has 1 aromatic carbocycles. The molecule has 0 aliphatic heterocycles. The molecule has 1 amide bonds. The molecule has 0 radical (unpaired) electrons. The Morgan fingerprint density at radius 1 is 1.53 bits per heavy atom. The number of fused-ring (bicyclic) bond motifs is 1. The summed E-state index contributed by atoms with van der Waals surface area (Å²) in [4.78, 5) is 15.4. The van der Waals surface area contributed by atoms with Gasteiger partial charge in [0.15, 0.2) is 5.58 Å². The number of nitrogens with one attached hydrogen (secondary N) is 1. The molecule has 1 atom stereocenters. The number of nitrogens with zero attached hydrogens (tertiary/aromatic N) is 1. The van der Waals surface area contributed by atoms with E-state index < -0.39 is 10.8 Å². The van der Waals surface area contributed by atoms with Crippen molar-refractivity contribution in [2.75, 3.05) is 18.0 Å². The van der Waals surface area contributed by atoms with Gasteiger partial charge < -0.3 is 15.5 Å². The molecule has 0 bridgehead atoms. The van der Waals surface area contributed by atoms with E-state index in [4.69, 9.17) is 10.2 Å². The number of rotatable bonds is 5. The Balaban J connectivity index is 2.07. The zero-order valence-corrected chi connectivity index (χ0v) is 11.3. The number of nitrogen functional groups attached to an aromatic ring is 1. The predicted octanol–water partition coefficient (Wildman–Crippen LogP) is 1.04. The van der Waals surface area contributed by atoms with E-state index in [1.54, 1.807) is 18.2 Å². The van der Waals surface area contributed by atoms with Crippen LogP contribution in [0.4, 0.5) is 5.69 Å². The lowest BCUT2D eigenvalue weighted by molar-refractivity contribution is -0.120. The molecule has 6 nitrogen and oxygen atoms in total. The SMILES string of the molecule is CCNC(=O)CCS(=O)c1nc2cc(N)ccc2o1. The Labute approximate surface area is 112 Å². The molecule has 0 spiro atoms. The normalized spacial score (nSPS) is 12.5. The molecule has 1 aromatic heterocycles. The third-order valence-corrected chi connectivity index (χ3v) is 3.61. The van der Waals surface area contributed by atoms with E-state index >= 15 is 0 Å². The van der Waals surface area contributed by atoms with E-state index in [0.717, 1.165) is 0 Å². The van der Waals surface area contributed by atoms with E-state index in [1.165, 1.54) is 0 Å². The van der Waals surface area contributed by atoms with Crippen molar-refractivity contribution >= 4 is 33.5 Å². The number of nitrogens with two attached hydrogens (primary N) is 1. The molecule has 2 rings (SSSR count). The maximum Gasteiger partial charge on any atom is 0.287 e. The summed E-state index contributed by atoms with van der Waals surface area (Å²) in [6.45, 7) is 2.40. The Kier molecular flexibility index (Phi) is 4.16. The molecule has 0 aliphatic rings. The maximum atomic E-state index is 12.0. The minimum absolute atomic E-state index is 0.129. The topological polar surface area (TPSA) is 98.2 Å². The highest BCUT2D eigenvalue weighted by Crippen LogP contribution is 2.20. The largest absolute Gasteiger partial charge is 0.430 e. The summed E-state index contributed by atoms with van der Waals surface area (Å²) >= 11 is 0. The molecular formula is C12H15N3O3S. The fourth-order valence-electron chi connectivity index (χ4n) is 1.58. The van der Waals surface area contributed by atoms with E-state index in [-0.39, 0.29) is 23.3 Å². The summed E-state index contributed by atoms with van der Waals surface area (Å²) < 4.78 is 17.3. The highest BCUT2D eigenvalue weighted by molar-refractivity contribution is 7.84. The molecule has 7 heteroatoms. The predicted molar refractivity (Wildman–Crippen MR) is 73.0 cm³/mol. The van der Waals surface area contributed by atoms with Gasteiger partial charge in [-0.05, 0) is 25.1 Å². The van der Waals surface area contributed by atoms with Gasteiger partial charge in [0, 0.05) is 24.4 Å². The van der Waals surface area contributed by atoms with Crippen LogP contribution in [0.1, 0.15) is 13.3 Å². The van der Waals surface area contributed by atoms with Crippen LogP contribution in [0.2, 0.25) is 0 Å². The van der Waals surface area contributed by atoms with Crippen LogP contribution in [0.5, 0.6) is 0 Å².